The van der Waals surface area contributed by atoms with Crippen molar-refractivity contribution in [3.63, 3.8) is 0 Å². The zero-order valence-electron chi connectivity index (χ0n) is 10.2. The van der Waals surface area contributed by atoms with E-state index in [0.29, 0.717) is 11.2 Å². The number of aliphatic hydroxyl groups is 2. The average Bonchev–Trinajstić information content (AvgIpc) is 2.94. The van der Waals surface area contributed by atoms with E-state index in [1.54, 1.807) is 4.57 Å². The average molecular weight is 302 g/mol. The Labute approximate surface area is 119 Å². The van der Waals surface area contributed by atoms with Gasteiger partial charge in [0.25, 0.3) is 0 Å². The summed E-state index contributed by atoms with van der Waals surface area (Å²) in [7, 11) is 0. The van der Waals surface area contributed by atoms with Gasteiger partial charge >= 0.3 is 0 Å². The molecule has 108 valence electrons. The van der Waals surface area contributed by atoms with E-state index < -0.39 is 24.9 Å². The fourth-order valence-electron chi connectivity index (χ4n) is 2.28. The van der Waals surface area contributed by atoms with Crippen molar-refractivity contribution in [3.8, 4) is 0 Å². The first kappa shape index (κ1) is 14.6. The molecule has 9 heteroatoms. The minimum Gasteiger partial charge on any atom is -0.388 e. The summed E-state index contributed by atoms with van der Waals surface area (Å²) in [5.41, 5.74) is 6.66. The third kappa shape index (κ3) is 2.01. The zero-order valence-corrected chi connectivity index (χ0v) is 11.0. The normalized spacial score (nSPS) is 25.6. The number of nitrogen functional groups attached to an aromatic ring is 1. The van der Waals surface area contributed by atoms with Crippen molar-refractivity contribution in [1.82, 2.24) is 19.5 Å². The number of hydrogen-bond acceptors (Lipinski definition) is 6. The van der Waals surface area contributed by atoms with Crippen LogP contribution in [0.15, 0.2) is 24.3 Å². The maximum Gasteiger partial charge on any atom is 0.166 e. The number of nitrogens with two attached hydrogens (primary N) is 1. The van der Waals surface area contributed by atoms with Gasteiger partial charge in [0.1, 0.15) is 30.7 Å². The van der Waals surface area contributed by atoms with Crippen LogP contribution in [0, 0.1) is 0 Å². The predicted octanol–water partition coefficient (Wildman–Crippen LogP) is 0.00270. The molecule has 0 spiro atoms. The van der Waals surface area contributed by atoms with Crippen LogP contribution in [-0.4, -0.2) is 48.6 Å². The number of aromatic nitrogens is 4. The number of halogens is 2. The van der Waals surface area contributed by atoms with Gasteiger partial charge < -0.3 is 20.5 Å². The van der Waals surface area contributed by atoms with Crippen molar-refractivity contribution in [2.24, 2.45) is 0 Å². The highest BCUT2D eigenvalue weighted by atomic mass is 35.5. The summed E-state index contributed by atoms with van der Waals surface area (Å²) in [4.78, 5) is 11.9. The van der Waals surface area contributed by atoms with Gasteiger partial charge in [0.05, 0.1) is 12.4 Å². The van der Waals surface area contributed by atoms with E-state index in [9.17, 15) is 14.6 Å². The number of aliphatic hydroxyl groups excluding tert-OH is 2. The van der Waals surface area contributed by atoms with Crippen LogP contribution in [0.3, 0.4) is 0 Å². The summed E-state index contributed by atoms with van der Waals surface area (Å²) in [6, 6.07) is -0.625. The Morgan fingerprint density at radius 3 is 2.70 bits per heavy atom. The topological polar surface area (TPSA) is 110 Å². The van der Waals surface area contributed by atoms with E-state index >= 15 is 0 Å². The van der Waals surface area contributed by atoms with Crippen LogP contribution < -0.4 is 5.73 Å². The lowest BCUT2D eigenvalue weighted by Crippen LogP contribution is -2.29. The molecule has 4 N–H and O–H groups in total. The van der Waals surface area contributed by atoms with E-state index in [-0.39, 0.29) is 23.8 Å². The quantitative estimate of drug-likeness (QED) is 0.674. The molecule has 0 aliphatic heterocycles. The second-order valence-electron chi connectivity index (χ2n) is 4.38. The van der Waals surface area contributed by atoms with Gasteiger partial charge in [-0.2, -0.15) is 0 Å². The van der Waals surface area contributed by atoms with Crippen molar-refractivity contribution in [2.45, 2.75) is 18.2 Å². The van der Waals surface area contributed by atoms with Gasteiger partial charge in [0, 0.05) is 0 Å². The number of nitrogens with zero attached hydrogens (tertiary/aromatic N) is 4. The molecule has 2 heterocycles. The lowest BCUT2D eigenvalue weighted by atomic mass is 10.1. The van der Waals surface area contributed by atoms with E-state index in [2.05, 4.69) is 15.0 Å². The predicted molar refractivity (Wildman–Crippen MR) is 72.1 cm³/mol. The second-order valence-corrected chi connectivity index (χ2v) is 4.38. The fourth-order valence-corrected chi connectivity index (χ4v) is 2.28. The van der Waals surface area contributed by atoms with Crippen molar-refractivity contribution in [3.05, 3.63) is 24.3 Å². The number of alkyl halides is 1. The molecule has 0 aromatic carbocycles. The summed E-state index contributed by atoms with van der Waals surface area (Å²) in [6.07, 6.45) is 1.85. The summed E-state index contributed by atoms with van der Waals surface area (Å²) in [6.45, 7) is -0.807. The number of fused-ring (bicyclic) bond motifs is 1. The molecule has 1 aliphatic carbocycles. The number of hydrogen-bond donors (Lipinski definition) is 3. The highest BCUT2D eigenvalue weighted by Gasteiger charge is 2.36. The molecule has 0 saturated heterocycles. The first-order chi connectivity index (χ1) is 9.13. The van der Waals surface area contributed by atoms with Gasteiger partial charge in [-0.15, -0.1) is 12.4 Å². The number of rotatable bonds is 2. The van der Waals surface area contributed by atoms with Crippen LogP contribution in [0.5, 0.6) is 0 Å². The lowest BCUT2D eigenvalue weighted by Gasteiger charge is -2.18. The van der Waals surface area contributed by atoms with Crippen LogP contribution >= 0.6 is 12.4 Å². The maximum atomic E-state index is 12.7. The van der Waals surface area contributed by atoms with E-state index in [1.165, 1.54) is 18.7 Å². The van der Waals surface area contributed by atoms with Crippen LogP contribution in [0.25, 0.3) is 11.2 Å². The largest absolute Gasteiger partial charge is 0.388 e. The Balaban J connectivity index is 0.00000147. The number of imidazole rings is 1. The van der Waals surface area contributed by atoms with Crippen molar-refractivity contribution in [1.29, 1.82) is 0 Å². The molecule has 0 radical (unpaired) electrons. The van der Waals surface area contributed by atoms with Crippen molar-refractivity contribution >= 4 is 29.4 Å². The highest BCUT2D eigenvalue weighted by Crippen LogP contribution is 2.31. The van der Waals surface area contributed by atoms with E-state index in [0.717, 1.165) is 0 Å². The molecular weight excluding hydrogens is 289 g/mol. The Hall–Kier alpha value is -1.77. The van der Waals surface area contributed by atoms with Crippen LogP contribution in [0.1, 0.15) is 6.04 Å². The van der Waals surface area contributed by atoms with Crippen LogP contribution in [0.4, 0.5) is 10.2 Å². The molecule has 0 amide bonds. The summed E-state index contributed by atoms with van der Waals surface area (Å²) in [5, 5.41) is 19.7. The van der Waals surface area contributed by atoms with Crippen LogP contribution in [0.2, 0.25) is 0 Å². The Bertz CT molecular complexity index is 661. The van der Waals surface area contributed by atoms with Gasteiger partial charge in [0.2, 0.25) is 0 Å². The van der Waals surface area contributed by atoms with Crippen molar-refractivity contribution < 1.29 is 14.6 Å². The van der Waals surface area contributed by atoms with Crippen molar-refractivity contribution in [2.75, 3.05) is 12.4 Å². The summed E-state index contributed by atoms with van der Waals surface area (Å²) >= 11 is 0. The first-order valence-corrected chi connectivity index (χ1v) is 5.69. The molecule has 0 unspecified atom stereocenters. The molecule has 1 aliphatic rings. The standard InChI is InChI=1S/C11H12FN5O2.ClH/c12-2-5-1-6(9(19)8(5)18)17-4-16-7-10(13)14-3-15-11(7)17;/h1,3-4,6,8-9,18-19H,2H2,(H2,13,14,15);1H/t6-,8-,9+;/m1./s1. The highest BCUT2D eigenvalue weighted by molar-refractivity contribution is 5.85. The molecule has 2 aromatic heterocycles. The summed E-state index contributed by atoms with van der Waals surface area (Å²) < 4.78 is 14.3. The molecule has 0 fully saturated rings. The molecule has 3 atom stereocenters. The van der Waals surface area contributed by atoms with E-state index in [4.69, 9.17) is 5.73 Å². The number of anilines is 1. The molecule has 3 rings (SSSR count). The molecule has 7 nitrogen and oxygen atoms in total. The molecular formula is C11H13ClFN5O2. The Kier molecular flexibility index (Phi) is 3.89. The Morgan fingerprint density at radius 1 is 1.30 bits per heavy atom. The second kappa shape index (κ2) is 5.31. The van der Waals surface area contributed by atoms with Gasteiger partial charge in [-0.25, -0.2) is 19.3 Å². The summed E-state index contributed by atoms with van der Waals surface area (Å²) in [5.74, 6) is 0.228. The van der Waals surface area contributed by atoms with Gasteiger partial charge in [-0.3, -0.25) is 0 Å². The maximum absolute atomic E-state index is 12.7. The SMILES string of the molecule is Cl.Nc1ncnc2c1ncn2[C@@H]1C=C(CF)[C@@H](O)[C@H]1O. The molecule has 2 aromatic rings. The van der Waals surface area contributed by atoms with Gasteiger partial charge in [0.15, 0.2) is 11.5 Å². The van der Waals surface area contributed by atoms with Gasteiger partial charge in [-0.1, -0.05) is 6.08 Å². The minimum absolute atomic E-state index is 0. The third-order valence-corrected chi connectivity index (χ3v) is 3.30. The smallest absolute Gasteiger partial charge is 0.166 e. The molecule has 20 heavy (non-hydrogen) atoms. The van der Waals surface area contributed by atoms with Gasteiger partial charge in [-0.05, 0) is 5.57 Å². The van der Waals surface area contributed by atoms with Crippen LogP contribution in [-0.2, 0) is 0 Å². The Morgan fingerprint density at radius 2 is 2.05 bits per heavy atom. The third-order valence-electron chi connectivity index (χ3n) is 3.30. The molecule has 0 saturated carbocycles. The minimum atomic E-state index is -1.22. The lowest BCUT2D eigenvalue weighted by molar-refractivity contribution is 0.0307. The van der Waals surface area contributed by atoms with E-state index in [1.807, 2.05) is 0 Å². The first-order valence-electron chi connectivity index (χ1n) is 5.69. The molecule has 0 bridgehead atoms. The monoisotopic (exact) mass is 301 g/mol. The fraction of sp³-hybridized carbons (Fsp3) is 0.364. The zero-order chi connectivity index (χ0) is 13.6.